The summed E-state index contributed by atoms with van der Waals surface area (Å²) in [4.78, 5) is 11.0. The first-order chi connectivity index (χ1) is 10.8. The monoisotopic (exact) mass is 322 g/mol. The number of ether oxygens (including phenoxy) is 1. The van der Waals surface area contributed by atoms with Gasteiger partial charge in [-0.2, -0.15) is 13.2 Å². The van der Waals surface area contributed by atoms with Gasteiger partial charge in [0.05, 0.1) is 12.7 Å². The lowest BCUT2D eigenvalue weighted by atomic mass is 9.96. The van der Waals surface area contributed by atoms with Gasteiger partial charge in [-0.15, -0.1) is 0 Å². The Kier molecular flexibility index (Phi) is 4.74. The number of rotatable bonds is 4. The van der Waals surface area contributed by atoms with Crippen LogP contribution in [0.1, 0.15) is 16.7 Å². The SMILES string of the molecule is COc1ccc(/C(=C\C(=O)O)c2cccc(C(F)(F)F)c2)cc1. The first-order valence-corrected chi connectivity index (χ1v) is 6.58. The molecule has 0 amide bonds. The van der Waals surface area contributed by atoms with Crippen molar-refractivity contribution in [1.29, 1.82) is 0 Å². The van der Waals surface area contributed by atoms with Gasteiger partial charge in [0.1, 0.15) is 5.75 Å². The number of hydrogen-bond donors (Lipinski definition) is 1. The fourth-order valence-electron chi connectivity index (χ4n) is 2.09. The van der Waals surface area contributed by atoms with E-state index in [1.54, 1.807) is 24.3 Å². The molecule has 0 atom stereocenters. The zero-order valence-electron chi connectivity index (χ0n) is 12.1. The van der Waals surface area contributed by atoms with Gasteiger partial charge in [-0.1, -0.05) is 24.3 Å². The summed E-state index contributed by atoms with van der Waals surface area (Å²) in [5.74, 6) is -0.680. The second kappa shape index (κ2) is 6.56. The van der Waals surface area contributed by atoms with Crippen LogP contribution in [0.15, 0.2) is 54.6 Å². The van der Waals surface area contributed by atoms with Crippen LogP contribution in [0, 0.1) is 0 Å². The first kappa shape index (κ1) is 16.6. The fourth-order valence-corrected chi connectivity index (χ4v) is 2.09. The molecule has 2 aromatic carbocycles. The van der Waals surface area contributed by atoms with Gasteiger partial charge >= 0.3 is 12.1 Å². The Morgan fingerprint density at radius 2 is 1.74 bits per heavy atom. The molecule has 0 saturated heterocycles. The Bertz CT molecular complexity index is 731. The molecule has 0 aliphatic rings. The maximum absolute atomic E-state index is 12.8. The number of alkyl halides is 3. The Labute approximate surface area is 130 Å². The fraction of sp³-hybridized carbons (Fsp3) is 0.118. The molecule has 0 aromatic heterocycles. The van der Waals surface area contributed by atoms with E-state index in [1.165, 1.54) is 19.2 Å². The number of benzene rings is 2. The zero-order chi connectivity index (χ0) is 17.0. The van der Waals surface area contributed by atoms with E-state index in [1.807, 2.05) is 0 Å². The zero-order valence-corrected chi connectivity index (χ0v) is 12.1. The maximum Gasteiger partial charge on any atom is 0.416 e. The maximum atomic E-state index is 12.8. The molecule has 0 aliphatic heterocycles. The van der Waals surface area contributed by atoms with Crippen LogP contribution in [-0.2, 0) is 11.0 Å². The summed E-state index contributed by atoms with van der Waals surface area (Å²) < 4.78 is 43.5. The Morgan fingerprint density at radius 1 is 1.09 bits per heavy atom. The van der Waals surface area contributed by atoms with Crippen molar-refractivity contribution in [3.63, 3.8) is 0 Å². The number of carboxylic acid groups (broad SMARTS) is 1. The van der Waals surface area contributed by atoms with Crippen molar-refractivity contribution >= 4 is 11.5 Å². The van der Waals surface area contributed by atoms with Crippen molar-refractivity contribution in [2.24, 2.45) is 0 Å². The van der Waals surface area contributed by atoms with Crippen LogP contribution < -0.4 is 4.74 Å². The van der Waals surface area contributed by atoms with Crippen LogP contribution in [0.2, 0.25) is 0 Å². The minimum absolute atomic E-state index is 0.174. The third-order valence-electron chi connectivity index (χ3n) is 3.17. The third kappa shape index (κ3) is 4.12. The molecule has 0 fully saturated rings. The summed E-state index contributed by atoms with van der Waals surface area (Å²) in [5, 5.41) is 9.01. The van der Waals surface area contributed by atoms with Crippen LogP contribution in [0.4, 0.5) is 13.2 Å². The molecule has 23 heavy (non-hydrogen) atoms. The minimum atomic E-state index is -4.50. The van der Waals surface area contributed by atoms with E-state index in [-0.39, 0.29) is 11.1 Å². The normalized spacial score (nSPS) is 12.1. The molecule has 1 N–H and O–H groups in total. The number of carboxylic acids is 1. The highest BCUT2D eigenvalue weighted by molar-refractivity contribution is 5.95. The average molecular weight is 322 g/mol. The summed E-state index contributed by atoms with van der Waals surface area (Å²) in [5.41, 5.74) is 0.00553. The second-order valence-electron chi connectivity index (χ2n) is 4.70. The highest BCUT2D eigenvalue weighted by Crippen LogP contribution is 2.32. The van der Waals surface area contributed by atoms with E-state index in [2.05, 4.69) is 0 Å². The van der Waals surface area contributed by atoms with Crippen LogP contribution in [0.3, 0.4) is 0 Å². The van der Waals surface area contributed by atoms with Crippen molar-refractivity contribution < 1.29 is 27.8 Å². The van der Waals surface area contributed by atoms with E-state index in [0.717, 1.165) is 18.2 Å². The molecule has 0 saturated carbocycles. The molecule has 6 heteroatoms. The molecule has 0 aliphatic carbocycles. The van der Waals surface area contributed by atoms with Gasteiger partial charge in [-0.25, -0.2) is 4.79 Å². The molecule has 3 nitrogen and oxygen atoms in total. The lowest BCUT2D eigenvalue weighted by Crippen LogP contribution is -2.05. The molecular formula is C17H13F3O3. The highest BCUT2D eigenvalue weighted by Gasteiger charge is 2.30. The van der Waals surface area contributed by atoms with Crippen molar-refractivity contribution in [2.75, 3.05) is 7.11 Å². The number of hydrogen-bond acceptors (Lipinski definition) is 2. The molecule has 2 aromatic rings. The summed E-state index contributed by atoms with van der Waals surface area (Å²) in [7, 11) is 1.48. The van der Waals surface area contributed by atoms with Gasteiger partial charge in [0, 0.05) is 6.08 Å². The van der Waals surface area contributed by atoms with Crippen LogP contribution >= 0.6 is 0 Å². The predicted molar refractivity (Wildman–Crippen MR) is 79.2 cm³/mol. The molecule has 0 radical (unpaired) electrons. The van der Waals surface area contributed by atoms with Gasteiger partial charge in [0.25, 0.3) is 0 Å². The molecule has 0 bridgehead atoms. The van der Waals surface area contributed by atoms with Crippen LogP contribution in [-0.4, -0.2) is 18.2 Å². The summed E-state index contributed by atoms with van der Waals surface area (Å²) in [6.45, 7) is 0. The summed E-state index contributed by atoms with van der Waals surface area (Å²) in [6, 6.07) is 11.0. The topological polar surface area (TPSA) is 46.5 Å². The Balaban J connectivity index is 2.53. The molecule has 0 unspecified atom stereocenters. The smallest absolute Gasteiger partial charge is 0.416 e. The highest BCUT2D eigenvalue weighted by atomic mass is 19.4. The Morgan fingerprint density at radius 3 is 2.26 bits per heavy atom. The standard InChI is InChI=1S/C17H13F3O3/c1-23-14-7-5-11(6-8-14)15(10-16(21)22)12-3-2-4-13(9-12)17(18,19)20/h2-10H,1H3,(H,21,22)/b15-10+. The van der Waals surface area contributed by atoms with E-state index in [0.29, 0.717) is 11.3 Å². The van der Waals surface area contributed by atoms with Gasteiger partial charge in [0.15, 0.2) is 0 Å². The lowest BCUT2D eigenvalue weighted by molar-refractivity contribution is -0.137. The predicted octanol–water partition coefficient (Wildman–Crippen LogP) is 4.23. The Hall–Kier alpha value is -2.76. The average Bonchev–Trinajstić information content (AvgIpc) is 2.52. The van der Waals surface area contributed by atoms with Crippen molar-refractivity contribution in [1.82, 2.24) is 0 Å². The number of methoxy groups -OCH3 is 1. The van der Waals surface area contributed by atoms with Gasteiger partial charge in [-0.05, 0) is 41.0 Å². The quantitative estimate of drug-likeness (QED) is 0.857. The molecule has 2 rings (SSSR count). The molecule has 0 spiro atoms. The largest absolute Gasteiger partial charge is 0.497 e. The van der Waals surface area contributed by atoms with Crippen molar-refractivity contribution in [2.45, 2.75) is 6.18 Å². The van der Waals surface area contributed by atoms with Gasteiger partial charge < -0.3 is 9.84 Å². The number of aliphatic carboxylic acids is 1. The first-order valence-electron chi connectivity index (χ1n) is 6.58. The van der Waals surface area contributed by atoms with E-state index < -0.39 is 17.7 Å². The number of carbonyl (C=O) groups is 1. The van der Waals surface area contributed by atoms with Gasteiger partial charge in [0.2, 0.25) is 0 Å². The summed E-state index contributed by atoms with van der Waals surface area (Å²) >= 11 is 0. The van der Waals surface area contributed by atoms with Crippen molar-refractivity contribution in [3.8, 4) is 5.75 Å². The van der Waals surface area contributed by atoms with Crippen LogP contribution in [0.5, 0.6) is 5.75 Å². The molecule has 0 heterocycles. The van der Waals surface area contributed by atoms with E-state index >= 15 is 0 Å². The molecule has 120 valence electrons. The van der Waals surface area contributed by atoms with Gasteiger partial charge in [-0.3, -0.25) is 0 Å². The van der Waals surface area contributed by atoms with E-state index in [4.69, 9.17) is 9.84 Å². The van der Waals surface area contributed by atoms with E-state index in [9.17, 15) is 18.0 Å². The van der Waals surface area contributed by atoms with Crippen molar-refractivity contribution in [3.05, 3.63) is 71.3 Å². The number of halogens is 3. The summed E-state index contributed by atoms with van der Waals surface area (Å²) in [6.07, 6.45) is -3.61. The third-order valence-corrected chi connectivity index (χ3v) is 3.17. The van der Waals surface area contributed by atoms with Crippen LogP contribution in [0.25, 0.3) is 5.57 Å². The minimum Gasteiger partial charge on any atom is -0.497 e. The molecular weight excluding hydrogens is 309 g/mol. The second-order valence-corrected chi connectivity index (χ2v) is 4.70. The lowest BCUT2D eigenvalue weighted by Gasteiger charge is -2.12.